The van der Waals surface area contributed by atoms with E-state index in [1.165, 1.54) is 49.4 Å². The molecule has 4 heterocycles. The van der Waals surface area contributed by atoms with Gasteiger partial charge in [0.05, 0.1) is 0 Å². The van der Waals surface area contributed by atoms with Crippen LogP contribution in [0, 0.1) is 13.8 Å². The number of piperazine rings is 1. The number of aryl methyl sites for hydroxylation is 1. The van der Waals surface area contributed by atoms with E-state index in [0.29, 0.717) is 6.04 Å². The Morgan fingerprint density at radius 2 is 2.08 bits per heavy atom. The van der Waals surface area contributed by atoms with E-state index in [1.807, 2.05) is 12.3 Å². The second kappa shape index (κ2) is 6.34. The number of aromatic nitrogens is 2. The van der Waals surface area contributed by atoms with Crippen LogP contribution in [-0.2, 0) is 6.54 Å². The number of nitrogens with zero attached hydrogens (tertiary/aromatic N) is 4. The number of rotatable bonds is 3. The van der Waals surface area contributed by atoms with E-state index in [9.17, 15) is 0 Å². The van der Waals surface area contributed by atoms with Gasteiger partial charge in [0.15, 0.2) is 0 Å². The molecule has 0 spiro atoms. The third-order valence-electron chi connectivity index (χ3n) is 5.85. The number of hydrogen-bond acceptors (Lipinski definition) is 3. The maximum atomic E-state index is 4.53. The standard InChI is InChI=1S/C20H28N4/c1-15-11-18(17(3)24(15)20-8-4-5-9-21-20)13-23-14-19-7-6-10-22(19)12-16(23)2/h4-5,8-9,11,16,19H,6-7,10,12-14H2,1-3H3/t16-,19-/m1/s1. The maximum absolute atomic E-state index is 4.53. The molecule has 2 saturated heterocycles. The van der Waals surface area contributed by atoms with Gasteiger partial charge in [-0.05, 0) is 63.9 Å². The van der Waals surface area contributed by atoms with E-state index in [4.69, 9.17) is 0 Å². The molecule has 0 radical (unpaired) electrons. The van der Waals surface area contributed by atoms with Gasteiger partial charge in [-0.3, -0.25) is 9.80 Å². The summed E-state index contributed by atoms with van der Waals surface area (Å²) in [6.45, 7) is 11.6. The van der Waals surface area contributed by atoms with Crippen molar-refractivity contribution in [3.8, 4) is 5.82 Å². The van der Waals surface area contributed by atoms with Gasteiger partial charge in [0.2, 0.25) is 0 Å². The van der Waals surface area contributed by atoms with Crippen LogP contribution in [0.25, 0.3) is 5.82 Å². The highest BCUT2D eigenvalue weighted by atomic mass is 15.3. The van der Waals surface area contributed by atoms with Gasteiger partial charge in [-0.2, -0.15) is 0 Å². The molecular formula is C20H28N4. The fourth-order valence-corrected chi connectivity index (χ4v) is 4.51. The van der Waals surface area contributed by atoms with Crippen LogP contribution in [0.15, 0.2) is 30.5 Å². The Bertz CT molecular complexity index is 706. The van der Waals surface area contributed by atoms with E-state index in [0.717, 1.165) is 18.4 Å². The molecule has 4 rings (SSSR count). The molecule has 0 amide bonds. The number of hydrogen-bond donors (Lipinski definition) is 0. The fourth-order valence-electron chi connectivity index (χ4n) is 4.51. The molecule has 24 heavy (non-hydrogen) atoms. The second-order valence-corrected chi connectivity index (χ2v) is 7.49. The summed E-state index contributed by atoms with van der Waals surface area (Å²) in [5.41, 5.74) is 4.04. The van der Waals surface area contributed by atoms with Crippen LogP contribution in [0.2, 0.25) is 0 Å². The van der Waals surface area contributed by atoms with Gasteiger partial charge in [0.1, 0.15) is 5.82 Å². The maximum Gasteiger partial charge on any atom is 0.136 e. The molecule has 2 aliphatic heterocycles. The fraction of sp³-hybridized carbons (Fsp3) is 0.550. The summed E-state index contributed by atoms with van der Waals surface area (Å²) in [5, 5.41) is 0. The molecule has 128 valence electrons. The zero-order valence-electron chi connectivity index (χ0n) is 15.1. The summed E-state index contributed by atoms with van der Waals surface area (Å²) in [5.74, 6) is 1.02. The minimum atomic E-state index is 0.636. The van der Waals surface area contributed by atoms with Crippen molar-refractivity contribution >= 4 is 0 Å². The summed E-state index contributed by atoms with van der Waals surface area (Å²) in [6.07, 6.45) is 4.62. The SMILES string of the molecule is Cc1cc(CN2C[C@H]3CCCN3C[C@H]2C)c(C)n1-c1ccccn1. The lowest BCUT2D eigenvalue weighted by atomic mass is 10.1. The van der Waals surface area contributed by atoms with Crippen LogP contribution in [0.1, 0.15) is 36.7 Å². The Balaban J connectivity index is 1.57. The topological polar surface area (TPSA) is 24.3 Å². The molecule has 0 aromatic carbocycles. The number of fused-ring (bicyclic) bond motifs is 1. The molecule has 0 unspecified atom stereocenters. The first-order valence-electron chi connectivity index (χ1n) is 9.21. The molecular weight excluding hydrogens is 296 g/mol. The Hall–Kier alpha value is -1.65. The van der Waals surface area contributed by atoms with Crippen molar-refractivity contribution in [2.75, 3.05) is 19.6 Å². The normalized spacial score (nSPS) is 25.1. The second-order valence-electron chi connectivity index (χ2n) is 7.49. The molecule has 4 heteroatoms. The summed E-state index contributed by atoms with van der Waals surface area (Å²) < 4.78 is 2.28. The highest BCUT2D eigenvalue weighted by molar-refractivity contribution is 5.36. The first-order chi connectivity index (χ1) is 11.6. The van der Waals surface area contributed by atoms with Crippen molar-refractivity contribution in [2.24, 2.45) is 0 Å². The van der Waals surface area contributed by atoms with Gasteiger partial charge >= 0.3 is 0 Å². The van der Waals surface area contributed by atoms with E-state index >= 15 is 0 Å². The Labute approximate surface area is 145 Å². The van der Waals surface area contributed by atoms with Crippen molar-refractivity contribution in [1.29, 1.82) is 0 Å². The van der Waals surface area contributed by atoms with Crippen molar-refractivity contribution in [2.45, 2.75) is 52.2 Å². The van der Waals surface area contributed by atoms with Crippen LogP contribution >= 0.6 is 0 Å². The quantitative estimate of drug-likeness (QED) is 0.867. The van der Waals surface area contributed by atoms with Gasteiger partial charge in [-0.1, -0.05) is 6.07 Å². The molecule has 0 N–H and O–H groups in total. The molecule has 2 aromatic heterocycles. The smallest absolute Gasteiger partial charge is 0.136 e. The van der Waals surface area contributed by atoms with Gasteiger partial charge in [0.25, 0.3) is 0 Å². The lowest BCUT2D eigenvalue weighted by Crippen LogP contribution is -2.54. The van der Waals surface area contributed by atoms with Crippen LogP contribution in [0.5, 0.6) is 0 Å². The molecule has 0 bridgehead atoms. The van der Waals surface area contributed by atoms with Crippen LogP contribution in [0.4, 0.5) is 0 Å². The van der Waals surface area contributed by atoms with Crippen molar-refractivity contribution < 1.29 is 0 Å². The monoisotopic (exact) mass is 324 g/mol. The highest BCUT2D eigenvalue weighted by Crippen LogP contribution is 2.27. The van der Waals surface area contributed by atoms with Gasteiger partial charge in [-0.15, -0.1) is 0 Å². The van der Waals surface area contributed by atoms with Crippen LogP contribution < -0.4 is 0 Å². The Morgan fingerprint density at radius 3 is 2.88 bits per heavy atom. The van der Waals surface area contributed by atoms with E-state index in [2.05, 4.69) is 58.3 Å². The van der Waals surface area contributed by atoms with E-state index in [-0.39, 0.29) is 0 Å². The minimum absolute atomic E-state index is 0.636. The zero-order valence-corrected chi connectivity index (χ0v) is 15.1. The minimum Gasteiger partial charge on any atom is -0.303 e. The van der Waals surface area contributed by atoms with Gasteiger partial charge < -0.3 is 4.57 Å². The van der Waals surface area contributed by atoms with Crippen LogP contribution in [-0.4, -0.2) is 51.1 Å². The molecule has 2 atom stereocenters. The molecule has 2 aliphatic rings. The summed E-state index contributed by atoms with van der Waals surface area (Å²) >= 11 is 0. The summed E-state index contributed by atoms with van der Waals surface area (Å²) in [7, 11) is 0. The Kier molecular flexibility index (Phi) is 4.19. The predicted octanol–water partition coefficient (Wildman–Crippen LogP) is 3.16. The third kappa shape index (κ3) is 2.78. The highest BCUT2D eigenvalue weighted by Gasteiger charge is 2.34. The zero-order chi connectivity index (χ0) is 16.7. The van der Waals surface area contributed by atoms with Crippen LogP contribution in [0.3, 0.4) is 0 Å². The number of pyridine rings is 1. The van der Waals surface area contributed by atoms with Crippen molar-refractivity contribution in [1.82, 2.24) is 19.4 Å². The summed E-state index contributed by atoms with van der Waals surface area (Å²) in [4.78, 5) is 9.90. The lowest BCUT2D eigenvalue weighted by Gasteiger charge is -2.42. The summed E-state index contributed by atoms with van der Waals surface area (Å²) in [6, 6.07) is 9.88. The lowest BCUT2D eigenvalue weighted by molar-refractivity contribution is 0.0539. The van der Waals surface area contributed by atoms with Gasteiger partial charge in [-0.25, -0.2) is 4.98 Å². The molecule has 0 saturated carbocycles. The average Bonchev–Trinajstić information content (AvgIpc) is 3.13. The molecule has 0 aliphatic carbocycles. The van der Waals surface area contributed by atoms with Crippen molar-refractivity contribution in [3.63, 3.8) is 0 Å². The van der Waals surface area contributed by atoms with Gasteiger partial charge in [0, 0.05) is 49.3 Å². The first kappa shape index (κ1) is 15.9. The van der Waals surface area contributed by atoms with E-state index in [1.54, 1.807) is 0 Å². The molecule has 2 fully saturated rings. The third-order valence-corrected chi connectivity index (χ3v) is 5.85. The predicted molar refractivity (Wildman–Crippen MR) is 97.5 cm³/mol. The molecule has 4 nitrogen and oxygen atoms in total. The largest absolute Gasteiger partial charge is 0.303 e. The Morgan fingerprint density at radius 1 is 1.21 bits per heavy atom. The average molecular weight is 324 g/mol. The molecule has 2 aromatic rings. The van der Waals surface area contributed by atoms with Crippen molar-refractivity contribution in [3.05, 3.63) is 47.4 Å². The first-order valence-corrected chi connectivity index (χ1v) is 9.21. The van der Waals surface area contributed by atoms with E-state index < -0.39 is 0 Å².